The SMILES string of the molecule is CC(=O)Oc1ccc(C(=O)c2cc(Cl)cc(Cl)c2)cc1. The Hall–Kier alpha value is -1.84. The van der Waals surface area contributed by atoms with Gasteiger partial charge in [0.2, 0.25) is 0 Å². The second kappa shape index (κ2) is 6.07. The number of rotatable bonds is 3. The van der Waals surface area contributed by atoms with Gasteiger partial charge in [0.15, 0.2) is 5.78 Å². The summed E-state index contributed by atoms with van der Waals surface area (Å²) in [6.07, 6.45) is 0. The number of carbonyl (C=O) groups is 2. The minimum atomic E-state index is -0.411. The third kappa shape index (κ3) is 3.59. The van der Waals surface area contributed by atoms with Gasteiger partial charge < -0.3 is 4.74 Å². The largest absolute Gasteiger partial charge is 0.427 e. The van der Waals surface area contributed by atoms with E-state index in [1.807, 2.05) is 0 Å². The first-order valence-corrected chi connectivity index (χ1v) is 6.50. The van der Waals surface area contributed by atoms with Crippen molar-refractivity contribution in [3.63, 3.8) is 0 Å². The second-order valence-electron chi connectivity index (χ2n) is 4.11. The number of ether oxygens (including phenoxy) is 1. The van der Waals surface area contributed by atoms with Gasteiger partial charge in [-0.15, -0.1) is 0 Å². The van der Waals surface area contributed by atoms with Crippen LogP contribution in [0.3, 0.4) is 0 Å². The molecule has 0 fully saturated rings. The van der Waals surface area contributed by atoms with Crippen LogP contribution in [0, 0.1) is 0 Å². The van der Waals surface area contributed by atoms with Gasteiger partial charge in [-0.3, -0.25) is 9.59 Å². The smallest absolute Gasteiger partial charge is 0.308 e. The molecule has 0 unspecified atom stereocenters. The van der Waals surface area contributed by atoms with E-state index in [1.54, 1.807) is 42.5 Å². The van der Waals surface area contributed by atoms with Crippen LogP contribution in [0.2, 0.25) is 10.0 Å². The van der Waals surface area contributed by atoms with Gasteiger partial charge in [-0.05, 0) is 42.5 Å². The molecule has 0 aliphatic rings. The average Bonchev–Trinajstić information content (AvgIpc) is 2.37. The number of halogens is 2. The van der Waals surface area contributed by atoms with E-state index in [2.05, 4.69) is 0 Å². The Morgan fingerprint density at radius 2 is 1.45 bits per heavy atom. The van der Waals surface area contributed by atoms with Gasteiger partial charge in [-0.1, -0.05) is 23.2 Å². The summed E-state index contributed by atoms with van der Waals surface area (Å²) in [5, 5.41) is 0.801. The van der Waals surface area contributed by atoms with E-state index < -0.39 is 5.97 Å². The molecule has 2 aromatic rings. The standard InChI is InChI=1S/C15H10Cl2O3/c1-9(18)20-14-4-2-10(3-5-14)15(19)11-6-12(16)8-13(17)7-11/h2-8H,1H3. The Morgan fingerprint density at radius 3 is 1.95 bits per heavy atom. The van der Waals surface area contributed by atoms with Crippen molar-refractivity contribution in [1.82, 2.24) is 0 Å². The van der Waals surface area contributed by atoms with Crippen LogP contribution in [0.1, 0.15) is 22.8 Å². The lowest BCUT2D eigenvalue weighted by atomic mass is 10.0. The molecule has 0 bridgehead atoms. The lowest BCUT2D eigenvalue weighted by Crippen LogP contribution is -2.03. The van der Waals surface area contributed by atoms with E-state index in [0.29, 0.717) is 26.9 Å². The Kier molecular flexibility index (Phi) is 4.42. The van der Waals surface area contributed by atoms with Crippen molar-refractivity contribution in [1.29, 1.82) is 0 Å². The molecule has 0 aliphatic heterocycles. The predicted octanol–water partition coefficient (Wildman–Crippen LogP) is 4.15. The van der Waals surface area contributed by atoms with Crippen molar-refractivity contribution in [2.24, 2.45) is 0 Å². The number of esters is 1. The molecule has 2 aromatic carbocycles. The highest BCUT2D eigenvalue weighted by atomic mass is 35.5. The van der Waals surface area contributed by atoms with Crippen molar-refractivity contribution < 1.29 is 14.3 Å². The summed E-state index contributed by atoms with van der Waals surface area (Å²) >= 11 is 11.7. The summed E-state index contributed by atoms with van der Waals surface area (Å²) in [5.74, 6) is -0.229. The minimum absolute atomic E-state index is 0.205. The second-order valence-corrected chi connectivity index (χ2v) is 4.98. The maximum atomic E-state index is 12.3. The predicted molar refractivity (Wildman–Crippen MR) is 77.6 cm³/mol. The molecule has 0 N–H and O–H groups in total. The summed E-state index contributed by atoms with van der Waals surface area (Å²) in [5.41, 5.74) is 0.863. The molecule has 0 atom stereocenters. The molecule has 0 heterocycles. The number of hydrogen-bond acceptors (Lipinski definition) is 3. The molecule has 0 spiro atoms. The van der Waals surface area contributed by atoms with E-state index >= 15 is 0 Å². The van der Waals surface area contributed by atoms with Crippen LogP contribution in [0.15, 0.2) is 42.5 Å². The lowest BCUT2D eigenvalue weighted by molar-refractivity contribution is -0.131. The lowest BCUT2D eigenvalue weighted by Gasteiger charge is -2.05. The zero-order chi connectivity index (χ0) is 14.7. The molecular weight excluding hydrogens is 299 g/mol. The van der Waals surface area contributed by atoms with Crippen LogP contribution in [0.4, 0.5) is 0 Å². The molecule has 2 rings (SSSR count). The van der Waals surface area contributed by atoms with Crippen LogP contribution in [-0.2, 0) is 4.79 Å². The molecule has 102 valence electrons. The van der Waals surface area contributed by atoms with E-state index in [-0.39, 0.29) is 5.78 Å². The summed E-state index contributed by atoms with van der Waals surface area (Å²) in [6.45, 7) is 1.31. The zero-order valence-corrected chi connectivity index (χ0v) is 12.0. The maximum Gasteiger partial charge on any atom is 0.308 e. The normalized spacial score (nSPS) is 10.2. The third-order valence-corrected chi connectivity index (χ3v) is 2.94. The van der Waals surface area contributed by atoms with Gasteiger partial charge in [0.25, 0.3) is 0 Å². The van der Waals surface area contributed by atoms with Gasteiger partial charge in [0.05, 0.1) is 0 Å². The highest BCUT2D eigenvalue weighted by Gasteiger charge is 2.11. The van der Waals surface area contributed by atoms with Gasteiger partial charge in [0.1, 0.15) is 5.75 Å². The Labute approximate surface area is 126 Å². The van der Waals surface area contributed by atoms with E-state index in [0.717, 1.165) is 0 Å². The van der Waals surface area contributed by atoms with Crippen LogP contribution in [0.25, 0.3) is 0 Å². The molecule has 20 heavy (non-hydrogen) atoms. The number of ketones is 1. The maximum absolute atomic E-state index is 12.3. The molecule has 0 amide bonds. The molecule has 3 nitrogen and oxygen atoms in total. The van der Waals surface area contributed by atoms with Crippen molar-refractivity contribution in [2.45, 2.75) is 6.92 Å². The number of benzene rings is 2. The minimum Gasteiger partial charge on any atom is -0.427 e. The van der Waals surface area contributed by atoms with Gasteiger partial charge in [-0.2, -0.15) is 0 Å². The van der Waals surface area contributed by atoms with Gasteiger partial charge in [0, 0.05) is 28.1 Å². The molecule has 5 heteroatoms. The third-order valence-electron chi connectivity index (χ3n) is 2.50. The fourth-order valence-corrected chi connectivity index (χ4v) is 2.22. The van der Waals surface area contributed by atoms with E-state index in [9.17, 15) is 9.59 Å². The summed E-state index contributed by atoms with van der Waals surface area (Å²) in [6, 6.07) is 10.9. The first-order chi connectivity index (χ1) is 9.45. The van der Waals surface area contributed by atoms with Crippen LogP contribution < -0.4 is 4.74 Å². The van der Waals surface area contributed by atoms with Crippen LogP contribution in [-0.4, -0.2) is 11.8 Å². The van der Waals surface area contributed by atoms with Gasteiger partial charge >= 0.3 is 5.97 Å². The van der Waals surface area contributed by atoms with Crippen molar-refractivity contribution in [3.8, 4) is 5.75 Å². The van der Waals surface area contributed by atoms with Gasteiger partial charge in [-0.25, -0.2) is 0 Å². The Balaban J connectivity index is 2.26. The quantitative estimate of drug-likeness (QED) is 0.486. The van der Waals surface area contributed by atoms with Crippen molar-refractivity contribution in [3.05, 3.63) is 63.6 Å². The number of hydrogen-bond donors (Lipinski definition) is 0. The van der Waals surface area contributed by atoms with E-state index in [4.69, 9.17) is 27.9 Å². The van der Waals surface area contributed by atoms with Crippen molar-refractivity contribution in [2.75, 3.05) is 0 Å². The fraction of sp³-hybridized carbons (Fsp3) is 0.0667. The number of carbonyl (C=O) groups excluding carboxylic acids is 2. The highest BCUT2D eigenvalue weighted by molar-refractivity contribution is 6.35. The first kappa shape index (κ1) is 14.6. The fourth-order valence-electron chi connectivity index (χ4n) is 1.69. The van der Waals surface area contributed by atoms with Crippen LogP contribution in [0.5, 0.6) is 5.75 Å². The summed E-state index contributed by atoms with van der Waals surface area (Å²) in [7, 11) is 0. The molecule has 0 saturated heterocycles. The zero-order valence-electron chi connectivity index (χ0n) is 10.5. The Bertz CT molecular complexity index is 643. The molecule has 0 radical (unpaired) electrons. The summed E-state index contributed by atoms with van der Waals surface area (Å²) in [4.78, 5) is 23.1. The molecule has 0 aliphatic carbocycles. The summed E-state index contributed by atoms with van der Waals surface area (Å²) < 4.78 is 4.90. The average molecular weight is 309 g/mol. The monoisotopic (exact) mass is 308 g/mol. The van der Waals surface area contributed by atoms with Crippen LogP contribution >= 0.6 is 23.2 Å². The first-order valence-electron chi connectivity index (χ1n) is 5.75. The molecule has 0 saturated carbocycles. The topological polar surface area (TPSA) is 43.4 Å². The Morgan fingerprint density at radius 1 is 0.900 bits per heavy atom. The molecular formula is C15H10Cl2O3. The van der Waals surface area contributed by atoms with E-state index in [1.165, 1.54) is 6.92 Å². The van der Waals surface area contributed by atoms with Crippen molar-refractivity contribution >= 4 is 35.0 Å². The highest BCUT2D eigenvalue weighted by Crippen LogP contribution is 2.22. The molecule has 0 aromatic heterocycles.